The van der Waals surface area contributed by atoms with Crippen molar-refractivity contribution in [3.05, 3.63) is 89.8 Å². The smallest absolute Gasteiger partial charge is 0.323 e. The van der Waals surface area contributed by atoms with Crippen molar-refractivity contribution >= 4 is 28.4 Å². The number of imidazole rings is 1. The van der Waals surface area contributed by atoms with Crippen LogP contribution in [-0.4, -0.2) is 15.6 Å². The van der Waals surface area contributed by atoms with Crippen molar-refractivity contribution in [2.75, 3.05) is 10.6 Å². The van der Waals surface area contributed by atoms with E-state index in [9.17, 15) is 13.6 Å². The lowest BCUT2D eigenvalue weighted by Crippen LogP contribution is -2.20. The zero-order valence-corrected chi connectivity index (χ0v) is 16.3. The van der Waals surface area contributed by atoms with Gasteiger partial charge in [0.1, 0.15) is 17.5 Å². The monoisotopic (exact) mass is 406 g/mol. The van der Waals surface area contributed by atoms with Crippen molar-refractivity contribution in [1.29, 1.82) is 0 Å². The molecular formula is C23H20F2N4O. The van der Waals surface area contributed by atoms with Gasteiger partial charge in [-0.15, -0.1) is 0 Å². The van der Waals surface area contributed by atoms with Gasteiger partial charge in [0.05, 0.1) is 16.7 Å². The number of benzene rings is 3. The number of nitrogens with one attached hydrogen (secondary N) is 2. The van der Waals surface area contributed by atoms with E-state index in [0.29, 0.717) is 5.69 Å². The van der Waals surface area contributed by atoms with Crippen molar-refractivity contribution in [2.45, 2.75) is 12.8 Å². The molecule has 2 amide bonds. The predicted octanol–water partition coefficient (Wildman–Crippen LogP) is 5.28. The second-order valence-corrected chi connectivity index (χ2v) is 6.98. The molecular weight excluding hydrogens is 386 g/mol. The maximum Gasteiger partial charge on any atom is 0.323 e. The molecule has 4 aromatic rings. The van der Waals surface area contributed by atoms with Gasteiger partial charge in [-0.1, -0.05) is 24.3 Å². The van der Waals surface area contributed by atoms with Crippen LogP contribution in [0.1, 0.15) is 11.4 Å². The summed E-state index contributed by atoms with van der Waals surface area (Å²) in [6.45, 7) is 0. The van der Waals surface area contributed by atoms with Crippen LogP contribution in [0.15, 0.2) is 66.7 Å². The third-order valence-electron chi connectivity index (χ3n) is 4.88. The first kappa shape index (κ1) is 19.6. The van der Waals surface area contributed by atoms with E-state index in [-0.39, 0.29) is 5.69 Å². The van der Waals surface area contributed by atoms with E-state index in [0.717, 1.165) is 47.4 Å². The molecule has 5 nitrogen and oxygen atoms in total. The second-order valence-electron chi connectivity index (χ2n) is 6.98. The number of anilines is 2. The van der Waals surface area contributed by atoms with Crippen LogP contribution < -0.4 is 10.6 Å². The molecule has 1 aromatic heterocycles. The molecule has 0 spiro atoms. The number of aryl methyl sites for hydroxylation is 3. The Hall–Kier alpha value is -3.74. The number of hydrogen-bond acceptors (Lipinski definition) is 2. The number of carbonyl (C=O) groups excluding carboxylic acids is 1. The fraction of sp³-hybridized carbons (Fsp3) is 0.130. The number of carbonyl (C=O) groups is 1. The van der Waals surface area contributed by atoms with Gasteiger partial charge in [0.25, 0.3) is 0 Å². The van der Waals surface area contributed by atoms with E-state index in [4.69, 9.17) is 0 Å². The first-order valence-electron chi connectivity index (χ1n) is 9.52. The highest BCUT2D eigenvalue weighted by Crippen LogP contribution is 2.18. The molecule has 0 fully saturated rings. The van der Waals surface area contributed by atoms with Crippen molar-refractivity contribution < 1.29 is 13.6 Å². The Labute approximate surface area is 172 Å². The Morgan fingerprint density at radius 2 is 1.80 bits per heavy atom. The predicted molar refractivity (Wildman–Crippen MR) is 114 cm³/mol. The Bertz CT molecular complexity index is 1220. The lowest BCUT2D eigenvalue weighted by molar-refractivity contribution is 0.262. The van der Waals surface area contributed by atoms with Gasteiger partial charge >= 0.3 is 6.03 Å². The van der Waals surface area contributed by atoms with E-state index in [1.54, 1.807) is 6.07 Å². The summed E-state index contributed by atoms with van der Waals surface area (Å²) < 4.78 is 28.8. The third kappa shape index (κ3) is 4.30. The molecule has 3 aromatic carbocycles. The molecule has 7 heteroatoms. The standard InChI is InChI=1S/C23H20F2N4O/c1-29-21-8-3-2-7-20(21)27-22(29)12-9-15-5-4-6-17(13-15)26-23(30)28-19-11-10-16(24)14-18(19)25/h2-8,10-11,13-14H,9,12H2,1H3,(H2,26,28,30). The van der Waals surface area contributed by atoms with Crippen LogP contribution in [0.3, 0.4) is 0 Å². The summed E-state index contributed by atoms with van der Waals surface area (Å²) in [6, 6.07) is 17.8. The largest absolute Gasteiger partial charge is 0.331 e. The summed E-state index contributed by atoms with van der Waals surface area (Å²) in [5.41, 5.74) is 3.58. The van der Waals surface area contributed by atoms with Crippen LogP contribution in [0.4, 0.5) is 25.0 Å². The number of amides is 2. The fourth-order valence-electron chi connectivity index (χ4n) is 3.36. The van der Waals surface area contributed by atoms with Gasteiger partial charge in [-0.05, 0) is 48.4 Å². The van der Waals surface area contributed by atoms with Crippen LogP contribution in [-0.2, 0) is 19.9 Å². The third-order valence-corrected chi connectivity index (χ3v) is 4.88. The highest BCUT2D eigenvalue weighted by Gasteiger charge is 2.10. The van der Waals surface area contributed by atoms with Crippen LogP contribution in [0, 0.1) is 11.6 Å². The van der Waals surface area contributed by atoms with Gasteiger partial charge in [-0.3, -0.25) is 0 Å². The van der Waals surface area contributed by atoms with Crippen LogP contribution in [0.25, 0.3) is 11.0 Å². The number of fused-ring (bicyclic) bond motifs is 1. The minimum atomic E-state index is -0.832. The molecule has 4 rings (SSSR count). The van der Waals surface area contributed by atoms with Gasteiger partial charge in [0.15, 0.2) is 0 Å². The van der Waals surface area contributed by atoms with E-state index in [1.807, 2.05) is 49.5 Å². The Morgan fingerprint density at radius 1 is 0.967 bits per heavy atom. The van der Waals surface area contributed by atoms with Crippen LogP contribution >= 0.6 is 0 Å². The van der Waals surface area contributed by atoms with E-state index >= 15 is 0 Å². The number of halogens is 2. The topological polar surface area (TPSA) is 59.0 Å². The first-order valence-corrected chi connectivity index (χ1v) is 9.52. The summed E-state index contributed by atoms with van der Waals surface area (Å²) >= 11 is 0. The summed E-state index contributed by atoms with van der Waals surface area (Å²) in [5.74, 6) is -0.549. The first-order chi connectivity index (χ1) is 14.5. The average Bonchev–Trinajstić information content (AvgIpc) is 3.05. The molecule has 0 radical (unpaired) electrons. The maximum atomic E-state index is 13.7. The second kappa shape index (κ2) is 8.32. The molecule has 0 saturated heterocycles. The van der Waals surface area contributed by atoms with Crippen LogP contribution in [0.5, 0.6) is 0 Å². The van der Waals surface area contributed by atoms with Gasteiger partial charge in [-0.25, -0.2) is 18.6 Å². The SMILES string of the molecule is Cn1c(CCc2cccc(NC(=O)Nc3ccc(F)cc3F)c2)nc2ccccc21. The highest BCUT2D eigenvalue weighted by molar-refractivity contribution is 5.99. The molecule has 2 N–H and O–H groups in total. The number of nitrogens with zero attached hydrogens (tertiary/aromatic N) is 2. The minimum absolute atomic E-state index is 0.0908. The number of para-hydroxylation sites is 2. The van der Waals surface area contributed by atoms with Gasteiger partial charge in [-0.2, -0.15) is 0 Å². The molecule has 0 unspecified atom stereocenters. The van der Waals surface area contributed by atoms with E-state index < -0.39 is 17.7 Å². The maximum absolute atomic E-state index is 13.7. The molecule has 152 valence electrons. The lowest BCUT2D eigenvalue weighted by Gasteiger charge is -2.10. The van der Waals surface area contributed by atoms with Gasteiger partial charge < -0.3 is 15.2 Å². The number of aromatic nitrogens is 2. The molecule has 0 atom stereocenters. The fourth-order valence-corrected chi connectivity index (χ4v) is 3.36. The average molecular weight is 406 g/mol. The number of rotatable bonds is 5. The minimum Gasteiger partial charge on any atom is -0.331 e. The molecule has 0 saturated carbocycles. The van der Waals surface area contributed by atoms with Crippen molar-refractivity contribution in [3.8, 4) is 0 Å². The molecule has 0 aliphatic heterocycles. The molecule has 0 bridgehead atoms. The molecule has 0 aliphatic rings. The van der Waals surface area contributed by atoms with Crippen LogP contribution in [0.2, 0.25) is 0 Å². The molecule has 0 aliphatic carbocycles. The number of urea groups is 1. The Balaban J connectivity index is 1.40. The van der Waals surface area contributed by atoms with Crippen molar-refractivity contribution in [3.63, 3.8) is 0 Å². The Kier molecular flexibility index (Phi) is 5.43. The lowest BCUT2D eigenvalue weighted by atomic mass is 10.1. The highest BCUT2D eigenvalue weighted by atomic mass is 19.1. The molecule has 1 heterocycles. The summed E-state index contributed by atoms with van der Waals surface area (Å²) in [6.07, 6.45) is 1.50. The quantitative estimate of drug-likeness (QED) is 0.474. The summed E-state index contributed by atoms with van der Waals surface area (Å²) in [4.78, 5) is 16.8. The van der Waals surface area contributed by atoms with Gasteiger partial charge in [0.2, 0.25) is 0 Å². The zero-order chi connectivity index (χ0) is 21.1. The van der Waals surface area contributed by atoms with E-state index in [1.165, 1.54) is 6.07 Å². The van der Waals surface area contributed by atoms with Crippen molar-refractivity contribution in [1.82, 2.24) is 9.55 Å². The normalized spacial score (nSPS) is 10.9. The molecule has 30 heavy (non-hydrogen) atoms. The number of hydrogen-bond donors (Lipinski definition) is 2. The summed E-state index contributed by atoms with van der Waals surface area (Å²) in [7, 11) is 2.00. The van der Waals surface area contributed by atoms with E-state index in [2.05, 4.69) is 20.2 Å². The summed E-state index contributed by atoms with van der Waals surface area (Å²) in [5, 5.41) is 5.05. The van der Waals surface area contributed by atoms with Gasteiger partial charge in [0, 0.05) is 25.2 Å². The Morgan fingerprint density at radius 3 is 2.60 bits per heavy atom. The zero-order valence-electron chi connectivity index (χ0n) is 16.3. The van der Waals surface area contributed by atoms with Crippen molar-refractivity contribution in [2.24, 2.45) is 7.05 Å².